The number of carbonyl (C=O) groups excluding carboxylic acids is 1. The summed E-state index contributed by atoms with van der Waals surface area (Å²) in [5.41, 5.74) is 4.66. The topological polar surface area (TPSA) is 49.8 Å². The van der Waals surface area contributed by atoms with Crippen LogP contribution in [0, 0.1) is 0 Å². The van der Waals surface area contributed by atoms with Gasteiger partial charge in [0.1, 0.15) is 13.8 Å². The number of carbonyl (C=O) groups is 1. The molecule has 0 aromatic heterocycles. The number of fused-ring (bicyclic) bond motifs is 6. The summed E-state index contributed by atoms with van der Waals surface area (Å²) in [6, 6.07) is 17.9. The molecule has 0 bridgehead atoms. The number of nitrogens with zero attached hydrogens (tertiary/aromatic N) is 1. The number of aromatic hydroxyl groups is 1. The Kier molecular flexibility index (Phi) is 4.15. The molecule has 1 N–H and O–H groups in total. The molecule has 3 aromatic carbocycles. The molecule has 2 aliphatic heterocycles. The van der Waals surface area contributed by atoms with Crippen molar-refractivity contribution in [2.75, 3.05) is 19.0 Å². The monoisotopic (exact) mass is 429 g/mol. The molecule has 1 spiro atoms. The zero-order valence-electron chi connectivity index (χ0n) is 18.6. The molecule has 31 heavy (non-hydrogen) atoms. The molecule has 3 aromatic rings. The van der Waals surface area contributed by atoms with Gasteiger partial charge in [-0.15, -0.1) is 0 Å². The highest BCUT2D eigenvalue weighted by Gasteiger charge is 2.56. The quantitative estimate of drug-likeness (QED) is 0.499. The average Bonchev–Trinajstić information content (AvgIpc) is 3.05. The second-order valence-electron chi connectivity index (χ2n) is 9.20. The number of phenols is 1. The Hall–Kier alpha value is -3.05. The lowest BCUT2D eigenvalue weighted by atomic mass is 9.78. The molecular weight excluding hydrogens is 402 g/mol. The van der Waals surface area contributed by atoms with Gasteiger partial charge in [0.05, 0.1) is 5.56 Å². The Morgan fingerprint density at radius 1 is 1.00 bits per heavy atom. The first-order valence-electron chi connectivity index (χ1n) is 10.7. The van der Waals surface area contributed by atoms with Crippen molar-refractivity contribution in [3.05, 3.63) is 82.4 Å². The van der Waals surface area contributed by atoms with Gasteiger partial charge in [0.15, 0.2) is 5.60 Å². The fraction of sp³-hybridized carbons (Fsp3) is 0.269. The van der Waals surface area contributed by atoms with Crippen molar-refractivity contribution >= 4 is 30.1 Å². The average molecular weight is 430 g/mol. The molecule has 5 heteroatoms. The van der Waals surface area contributed by atoms with E-state index in [1.54, 1.807) is 6.07 Å². The first kappa shape index (κ1) is 19.9. The zero-order valence-corrected chi connectivity index (χ0v) is 19.6. The summed E-state index contributed by atoms with van der Waals surface area (Å²) in [4.78, 5) is 15.1. The molecule has 0 saturated carbocycles. The van der Waals surface area contributed by atoms with Gasteiger partial charge in [-0.1, -0.05) is 50.3 Å². The van der Waals surface area contributed by atoms with Gasteiger partial charge >= 0.3 is 5.97 Å². The molecule has 0 aliphatic carbocycles. The van der Waals surface area contributed by atoms with Crippen LogP contribution in [-0.2, 0) is 16.8 Å². The Bertz CT molecular complexity index is 1250. The normalized spacial score (nSPS) is 20.1. The van der Waals surface area contributed by atoms with E-state index >= 15 is 0 Å². The standard InChI is InChI=1S/C26H27NO3Si/c1-6-17-22(28)14-13-21-24(17)31(4,5)23-15-16(27(2)3)11-12-20(23)26(21)19-10-8-7-9-18(19)25(29)30-26/h7-15,28H,6H2,1-5H3. The van der Waals surface area contributed by atoms with Crippen LogP contribution in [0.15, 0.2) is 54.6 Å². The van der Waals surface area contributed by atoms with Crippen molar-refractivity contribution in [3.63, 3.8) is 0 Å². The van der Waals surface area contributed by atoms with E-state index in [2.05, 4.69) is 43.1 Å². The van der Waals surface area contributed by atoms with E-state index in [0.29, 0.717) is 11.3 Å². The largest absolute Gasteiger partial charge is 0.508 e. The minimum absolute atomic E-state index is 0.295. The number of esters is 1. The minimum Gasteiger partial charge on any atom is -0.508 e. The molecule has 5 rings (SSSR count). The molecule has 0 amide bonds. The van der Waals surface area contributed by atoms with Crippen LogP contribution in [0.2, 0.25) is 13.1 Å². The van der Waals surface area contributed by atoms with Gasteiger partial charge in [-0.25, -0.2) is 4.79 Å². The number of hydrogen-bond donors (Lipinski definition) is 1. The fourth-order valence-electron chi connectivity index (χ4n) is 5.53. The zero-order chi connectivity index (χ0) is 22.1. The van der Waals surface area contributed by atoms with Gasteiger partial charge in [-0.3, -0.25) is 0 Å². The van der Waals surface area contributed by atoms with Crippen LogP contribution in [-0.4, -0.2) is 33.2 Å². The van der Waals surface area contributed by atoms with Crippen LogP contribution in [0.5, 0.6) is 5.75 Å². The maximum absolute atomic E-state index is 13.0. The van der Waals surface area contributed by atoms with Crippen LogP contribution in [0.25, 0.3) is 0 Å². The molecule has 0 radical (unpaired) electrons. The van der Waals surface area contributed by atoms with Gasteiger partial charge < -0.3 is 14.7 Å². The van der Waals surface area contributed by atoms with Crippen molar-refractivity contribution in [3.8, 4) is 5.75 Å². The Morgan fingerprint density at radius 2 is 1.71 bits per heavy atom. The van der Waals surface area contributed by atoms with Crippen molar-refractivity contribution < 1.29 is 14.6 Å². The second kappa shape index (κ2) is 6.47. The van der Waals surface area contributed by atoms with Gasteiger partial charge in [0.25, 0.3) is 0 Å². The second-order valence-corrected chi connectivity index (χ2v) is 13.5. The molecule has 0 saturated heterocycles. The number of benzene rings is 3. The summed E-state index contributed by atoms with van der Waals surface area (Å²) < 4.78 is 6.33. The summed E-state index contributed by atoms with van der Waals surface area (Å²) in [7, 11) is 1.86. The summed E-state index contributed by atoms with van der Waals surface area (Å²) in [5.74, 6) is 0.0264. The first-order chi connectivity index (χ1) is 14.7. The van der Waals surface area contributed by atoms with Gasteiger partial charge in [-0.2, -0.15) is 0 Å². The number of rotatable bonds is 2. The van der Waals surface area contributed by atoms with Gasteiger partial charge in [-0.05, 0) is 46.6 Å². The van der Waals surface area contributed by atoms with Crippen LogP contribution in [0.1, 0.15) is 39.5 Å². The molecule has 1 unspecified atom stereocenters. The Morgan fingerprint density at radius 3 is 2.42 bits per heavy atom. The van der Waals surface area contributed by atoms with Crippen molar-refractivity contribution in [1.29, 1.82) is 0 Å². The smallest absolute Gasteiger partial charge is 0.340 e. The molecule has 2 heterocycles. The van der Waals surface area contributed by atoms with Crippen LogP contribution in [0.4, 0.5) is 5.69 Å². The predicted octanol–water partition coefficient (Wildman–Crippen LogP) is 3.62. The van der Waals surface area contributed by atoms with E-state index in [-0.39, 0.29) is 5.97 Å². The highest BCUT2D eigenvalue weighted by atomic mass is 28.3. The van der Waals surface area contributed by atoms with Crippen molar-refractivity contribution in [1.82, 2.24) is 0 Å². The molecule has 1 atom stereocenters. The van der Waals surface area contributed by atoms with Crippen LogP contribution < -0.4 is 15.3 Å². The number of phenolic OH excluding ortho intramolecular Hbond substituents is 1. The van der Waals surface area contributed by atoms with E-state index in [9.17, 15) is 9.90 Å². The van der Waals surface area contributed by atoms with E-state index in [1.165, 1.54) is 10.4 Å². The highest BCUT2D eigenvalue weighted by Crippen LogP contribution is 2.49. The van der Waals surface area contributed by atoms with Crippen LogP contribution in [0.3, 0.4) is 0 Å². The van der Waals surface area contributed by atoms with E-state index in [1.807, 2.05) is 44.4 Å². The van der Waals surface area contributed by atoms with Gasteiger partial charge in [0.2, 0.25) is 0 Å². The van der Waals surface area contributed by atoms with Crippen molar-refractivity contribution in [2.24, 2.45) is 0 Å². The fourth-order valence-corrected chi connectivity index (χ4v) is 9.24. The van der Waals surface area contributed by atoms with Gasteiger partial charge in [0, 0.05) is 36.5 Å². The van der Waals surface area contributed by atoms with E-state index in [4.69, 9.17) is 4.74 Å². The summed E-state index contributed by atoms with van der Waals surface area (Å²) in [5, 5.41) is 13.2. The third kappa shape index (κ3) is 2.44. The lowest BCUT2D eigenvalue weighted by Gasteiger charge is -2.45. The number of hydrogen-bond acceptors (Lipinski definition) is 4. The molecule has 158 valence electrons. The Labute approximate surface area is 184 Å². The predicted molar refractivity (Wildman–Crippen MR) is 127 cm³/mol. The maximum atomic E-state index is 13.0. The minimum atomic E-state index is -2.22. The van der Waals surface area contributed by atoms with E-state index in [0.717, 1.165) is 34.4 Å². The van der Waals surface area contributed by atoms with Crippen LogP contribution >= 0.6 is 0 Å². The maximum Gasteiger partial charge on any atom is 0.340 e. The molecule has 0 fully saturated rings. The summed E-state index contributed by atoms with van der Waals surface area (Å²) in [6.07, 6.45) is 0.722. The SMILES string of the molecule is CCc1c(O)ccc2c1[Si](C)(C)c1cc(N(C)C)ccc1C21OC(=O)c2ccccc21. The summed E-state index contributed by atoms with van der Waals surface area (Å²) in [6.45, 7) is 6.74. The lowest BCUT2D eigenvalue weighted by molar-refractivity contribution is 0.0255. The lowest BCUT2D eigenvalue weighted by Crippen LogP contribution is -2.64. The number of anilines is 1. The van der Waals surface area contributed by atoms with E-state index < -0.39 is 13.7 Å². The molecule has 2 aliphatic rings. The number of ether oxygens (including phenoxy) is 1. The first-order valence-corrected chi connectivity index (χ1v) is 13.7. The summed E-state index contributed by atoms with van der Waals surface area (Å²) >= 11 is 0. The Balaban J connectivity index is 1.97. The molecule has 4 nitrogen and oxygen atoms in total. The third-order valence-electron chi connectivity index (χ3n) is 6.99. The molecular formula is C26H27NO3Si. The van der Waals surface area contributed by atoms with Crippen molar-refractivity contribution in [2.45, 2.75) is 32.0 Å². The highest BCUT2D eigenvalue weighted by molar-refractivity contribution is 7.01. The third-order valence-corrected chi connectivity index (χ3v) is 10.6.